The number of carbonyl (C=O) groups is 1. The van der Waals surface area contributed by atoms with Crippen molar-refractivity contribution in [3.8, 4) is 5.88 Å². The standard InChI is InChI=1S/C22H28N4O5/c1-22(2,3)19(31-21(23)27)16-7-5-6-13-12-14(8-9-15(13)16)24-20-17(26(28)29)10-11-18(25-20)30-4/h8-12,16,19H,5-7H2,1-4H3,(H2,23,27)(H,24,25). The second-order valence-electron chi connectivity index (χ2n) is 8.74. The van der Waals surface area contributed by atoms with Gasteiger partial charge in [-0.1, -0.05) is 26.8 Å². The van der Waals surface area contributed by atoms with Crippen LogP contribution in [0, 0.1) is 15.5 Å². The zero-order valence-corrected chi connectivity index (χ0v) is 18.2. The van der Waals surface area contributed by atoms with Crippen LogP contribution in [-0.4, -0.2) is 29.2 Å². The molecule has 0 saturated carbocycles. The Hall–Kier alpha value is -3.36. The first kappa shape index (κ1) is 22.3. The Morgan fingerprint density at radius 3 is 2.68 bits per heavy atom. The van der Waals surface area contributed by atoms with Crippen LogP contribution in [0.5, 0.6) is 5.88 Å². The number of nitrogens with two attached hydrogens (primary N) is 1. The average Bonchev–Trinajstić information content (AvgIpc) is 2.70. The number of anilines is 2. The summed E-state index contributed by atoms with van der Waals surface area (Å²) in [4.78, 5) is 26.6. The van der Waals surface area contributed by atoms with Gasteiger partial charge in [-0.05, 0) is 47.9 Å². The molecule has 0 spiro atoms. The van der Waals surface area contributed by atoms with Crippen molar-refractivity contribution in [2.75, 3.05) is 12.4 Å². The van der Waals surface area contributed by atoms with Crippen LogP contribution in [0.4, 0.5) is 22.0 Å². The third kappa shape index (κ3) is 5.04. The molecule has 1 aromatic carbocycles. The van der Waals surface area contributed by atoms with Crippen LogP contribution in [0.3, 0.4) is 0 Å². The number of rotatable bonds is 6. The molecule has 166 valence electrons. The minimum absolute atomic E-state index is 0.0228. The van der Waals surface area contributed by atoms with Crippen molar-refractivity contribution >= 4 is 23.3 Å². The predicted molar refractivity (Wildman–Crippen MR) is 117 cm³/mol. The Balaban J connectivity index is 1.94. The molecule has 1 aromatic heterocycles. The van der Waals surface area contributed by atoms with Crippen molar-refractivity contribution in [3.63, 3.8) is 0 Å². The number of nitro groups is 1. The molecular weight excluding hydrogens is 400 g/mol. The lowest BCUT2D eigenvalue weighted by molar-refractivity contribution is -0.384. The summed E-state index contributed by atoms with van der Waals surface area (Å²) in [7, 11) is 1.46. The van der Waals surface area contributed by atoms with Gasteiger partial charge in [0.05, 0.1) is 12.0 Å². The SMILES string of the molecule is COc1ccc([N+](=O)[O-])c(Nc2ccc3c(c2)CCCC3C(OC(N)=O)C(C)(C)C)n1. The zero-order valence-electron chi connectivity index (χ0n) is 18.2. The number of aryl methyl sites for hydroxylation is 1. The lowest BCUT2D eigenvalue weighted by Crippen LogP contribution is -2.39. The van der Waals surface area contributed by atoms with Gasteiger partial charge in [-0.15, -0.1) is 0 Å². The Bertz CT molecular complexity index is 986. The molecule has 1 heterocycles. The summed E-state index contributed by atoms with van der Waals surface area (Å²) >= 11 is 0. The van der Waals surface area contributed by atoms with E-state index in [2.05, 4.69) is 10.3 Å². The molecule has 9 nitrogen and oxygen atoms in total. The Kier molecular flexibility index (Phi) is 6.33. The monoisotopic (exact) mass is 428 g/mol. The highest BCUT2D eigenvalue weighted by atomic mass is 16.6. The summed E-state index contributed by atoms with van der Waals surface area (Å²) in [6.45, 7) is 6.08. The van der Waals surface area contributed by atoms with Crippen LogP contribution in [-0.2, 0) is 11.2 Å². The molecule has 0 aliphatic heterocycles. The Morgan fingerprint density at radius 1 is 1.32 bits per heavy atom. The molecule has 31 heavy (non-hydrogen) atoms. The Labute approximate surface area is 181 Å². The quantitative estimate of drug-likeness (QED) is 0.505. The summed E-state index contributed by atoms with van der Waals surface area (Å²) in [5, 5.41) is 14.4. The van der Waals surface area contributed by atoms with E-state index in [0.717, 1.165) is 30.4 Å². The first-order valence-electron chi connectivity index (χ1n) is 10.2. The third-order valence-electron chi connectivity index (χ3n) is 5.48. The smallest absolute Gasteiger partial charge is 0.404 e. The maximum Gasteiger partial charge on any atom is 0.404 e. The van der Waals surface area contributed by atoms with Crippen LogP contribution in [0.15, 0.2) is 30.3 Å². The van der Waals surface area contributed by atoms with Crippen LogP contribution in [0.25, 0.3) is 0 Å². The number of fused-ring (bicyclic) bond motifs is 1. The van der Waals surface area contributed by atoms with Gasteiger partial charge in [0.25, 0.3) is 0 Å². The predicted octanol–water partition coefficient (Wildman–Crippen LogP) is 4.67. The van der Waals surface area contributed by atoms with E-state index in [1.165, 1.54) is 19.2 Å². The van der Waals surface area contributed by atoms with Crippen LogP contribution >= 0.6 is 0 Å². The van der Waals surface area contributed by atoms with E-state index in [9.17, 15) is 14.9 Å². The van der Waals surface area contributed by atoms with Gasteiger partial charge in [-0.3, -0.25) is 10.1 Å². The van der Waals surface area contributed by atoms with Crippen molar-refractivity contribution in [3.05, 3.63) is 51.6 Å². The number of hydrogen-bond donors (Lipinski definition) is 2. The minimum atomic E-state index is -0.776. The molecule has 3 rings (SSSR count). The number of methoxy groups -OCH3 is 1. The first-order chi connectivity index (χ1) is 14.6. The molecule has 2 atom stereocenters. The largest absolute Gasteiger partial charge is 0.481 e. The number of pyridine rings is 1. The maximum absolute atomic E-state index is 11.5. The molecule has 0 radical (unpaired) electrons. The number of ether oxygens (including phenoxy) is 2. The molecule has 1 aliphatic carbocycles. The van der Waals surface area contributed by atoms with E-state index in [1.807, 2.05) is 39.0 Å². The summed E-state index contributed by atoms with van der Waals surface area (Å²) in [6, 6.07) is 8.61. The van der Waals surface area contributed by atoms with Gasteiger partial charge < -0.3 is 20.5 Å². The van der Waals surface area contributed by atoms with E-state index < -0.39 is 11.0 Å². The fourth-order valence-corrected chi connectivity index (χ4v) is 4.16. The van der Waals surface area contributed by atoms with Gasteiger partial charge in [0.1, 0.15) is 6.10 Å². The van der Waals surface area contributed by atoms with Gasteiger partial charge in [0.2, 0.25) is 11.7 Å². The summed E-state index contributed by atoms with van der Waals surface area (Å²) in [5.41, 5.74) is 7.82. The number of aromatic nitrogens is 1. The van der Waals surface area contributed by atoms with Gasteiger partial charge in [-0.2, -0.15) is 4.98 Å². The molecule has 9 heteroatoms. The summed E-state index contributed by atoms with van der Waals surface area (Å²) in [6.07, 6.45) is 1.55. The molecular formula is C22H28N4O5. The fraction of sp³-hybridized carbons (Fsp3) is 0.455. The number of nitrogens with zero attached hydrogens (tertiary/aromatic N) is 2. The molecule has 2 unspecified atom stereocenters. The Morgan fingerprint density at radius 2 is 2.06 bits per heavy atom. The second-order valence-corrected chi connectivity index (χ2v) is 8.74. The number of primary amides is 1. The average molecular weight is 428 g/mol. The summed E-state index contributed by atoms with van der Waals surface area (Å²) in [5.74, 6) is 0.415. The van der Waals surface area contributed by atoms with Crippen molar-refractivity contribution in [1.82, 2.24) is 4.98 Å². The molecule has 2 aromatic rings. The molecule has 1 aliphatic rings. The van der Waals surface area contributed by atoms with E-state index in [0.29, 0.717) is 5.69 Å². The van der Waals surface area contributed by atoms with Crippen LogP contribution < -0.4 is 15.8 Å². The van der Waals surface area contributed by atoms with Gasteiger partial charge in [0.15, 0.2) is 0 Å². The minimum Gasteiger partial charge on any atom is -0.481 e. The summed E-state index contributed by atoms with van der Waals surface area (Å²) < 4.78 is 10.6. The molecule has 0 bridgehead atoms. The topological polar surface area (TPSA) is 130 Å². The lowest BCUT2D eigenvalue weighted by Gasteiger charge is -2.39. The first-order valence-corrected chi connectivity index (χ1v) is 10.2. The molecule has 1 amide bonds. The molecule has 0 saturated heterocycles. The van der Waals surface area contributed by atoms with E-state index in [-0.39, 0.29) is 34.8 Å². The molecule has 3 N–H and O–H groups in total. The van der Waals surface area contributed by atoms with Crippen molar-refractivity contribution in [1.29, 1.82) is 0 Å². The number of nitrogens with one attached hydrogen (secondary N) is 1. The van der Waals surface area contributed by atoms with E-state index in [4.69, 9.17) is 15.2 Å². The highest BCUT2D eigenvalue weighted by Crippen LogP contribution is 2.42. The second kappa shape index (κ2) is 8.79. The third-order valence-corrected chi connectivity index (χ3v) is 5.48. The normalized spacial score (nSPS) is 16.7. The molecule has 0 fully saturated rings. The fourth-order valence-electron chi connectivity index (χ4n) is 4.16. The van der Waals surface area contributed by atoms with Crippen LogP contribution in [0.1, 0.15) is 50.7 Å². The number of hydrogen-bond acceptors (Lipinski definition) is 7. The van der Waals surface area contributed by atoms with Gasteiger partial charge in [-0.25, -0.2) is 4.79 Å². The van der Waals surface area contributed by atoms with Crippen molar-refractivity contribution < 1.29 is 19.2 Å². The van der Waals surface area contributed by atoms with Gasteiger partial charge >= 0.3 is 11.8 Å². The zero-order chi connectivity index (χ0) is 22.8. The number of amides is 1. The highest BCUT2D eigenvalue weighted by molar-refractivity contribution is 5.67. The number of benzene rings is 1. The number of carbonyl (C=O) groups excluding carboxylic acids is 1. The van der Waals surface area contributed by atoms with E-state index >= 15 is 0 Å². The highest BCUT2D eigenvalue weighted by Gasteiger charge is 2.38. The van der Waals surface area contributed by atoms with Crippen molar-refractivity contribution in [2.45, 2.75) is 52.1 Å². The van der Waals surface area contributed by atoms with Crippen molar-refractivity contribution in [2.24, 2.45) is 11.1 Å². The van der Waals surface area contributed by atoms with Crippen LogP contribution in [0.2, 0.25) is 0 Å². The lowest BCUT2D eigenvalue weighted by atomic mass is 9.72. The maximum atomic E-state index is 11.5. The van der Waals surface area contributed by atoms with E-state index in [1.54, 1.807) is 0 Å². The van der Waals surface area contributed by atoms with Gasteiger partial charge in [0, 0.05) is 23.7 Å².